The monoisotopic (exact) mass is 404 g/mol. The molecular weight excluding hydrogens is 380 g/mol. The van der Waals surface area contributed by atoms with Crippen molar-refractivity contribution in [1.82, 2.24) is 19.7 Å². The molecule has 1 aliphatic rings. The van der Waals surface area contributed by atoms with E-state index in [9.17, 15) is 9.59 Å². The predicted octanol–water partition coefficient (Wildman–Crippen LogP) is 2.76. The Morgan fingerprint density at radius 1 is 1.00 bits per heavy atom. The van der Waals surface area contributed by atoms with E-state index in [0.717, 1.165) is 30.9 Å². The molecule has 0 radical (unpaired) electrons. The topological polar surface area (TPSA) is 92.1 Å². The number of nitrogens with zero attached hydrogens (tertiary/aromatic N) is 4. The van der Waals surface area contributed by atoms with Crippen molar-refractivity contribution in [1.29, 1.82) is 0 Å². The fourth-order valence-corrected chi connectivity index (χ4v) is 3.51. The summed E-state index contributed by atoms with van der Waals surface area (Å²) in [7, 11) is 0. The molecule has 1 saturated heterocycles. The summed E-state index contributed by atoms with van der Waals surface area (Å²) in [5.41, 5.74) is 2.76. The molecule has 8 nitrogen and oxygen atoms in total. The van der Waals surface area contributed by atoms with Crippen LogP contribution in [0, 0.1) is 0 Å². The molecule has 3 heterocycles. The molecule has 4 rings (SSSR count). The van der Waals surface area contributed by atoms with Crippen LogP contribution >= 0.6 is 0 Å². The van der Waals surface area contributed by atoms with Crippen molar-refractivity contribution in [2.45, 2.75) is 25.9 Å². The maximum atomic E-state index is 12.5. The highest BCUT2D eigenvalue weighted by molar-refractivity contribution is 6.02. The van der Waals surface area contributed by atoms with Crippen molar-refractivity contribution in [3.8, 4) is 0 Å². The summed E-state index contributed by atoms with van der Waals surface area (Å²) in [4.78, 5) is 31.1. The molecule has 2 N–H and O–H groups in total. The Bertz CT molecular complexity index is 1010. The molecule has 3 aromatic rings. The number of benzene rings is 1. The molecule has 1 aromatic carbocycles. The van der Waals surface area contributed by atoms with Gasteiger partial charge < -0.3 is 10.6 Å². The lowest BCUT2D eigenvalue weighted by atomic mass is 10.1. The zero-order valence-corrected chi connectivity index (χ0v) is 16.6. The fourth-order valence-electron chi connectivity index (χ4n) is 3.51. The van der Waals surface area contributed by atoms with Gasteiger partial charge in [-0.25, -0.2) is 0 Å². The molecule has 8 heteroatoms. The van der Waals surface area contributed by atoms with Crippen LogP contribution in [0.5, 0.6) is 0 Å². The van der Waals surface area contributed by atoms with Crippen molar-refractivity contribution in [3.05, 3.63) is 72.3 Å². The number of likely N-dealkylation sites (tertiary alicyclic amines) is 1. The lowest BCUT2D eigenvalue weighted by Gasteiger charge is -2.17. The lowest BCUT2D eigenvalue weighted by molar-refractivity contribution is -0.116. The fraction of sp³-hybridized carbons (Fsp3) is 0.273. The van der Waals surface area contributed by atoms with Crippen molar-refractivity contribution in [2.24, 2.45) is 0 Å². The first-order valence-corrected chi connectivity index (χ1v) is 10.0. The first-order valence-electron chi connectivity index (χ1n) is 10.0. The van der Waals surface area contributed by atoms with Crippen molar-refractivity contribution >= 4 is 23.2 Å². The number of amides is 2. The Morgan fingerprint density at radius 2 is 1.80 bits per heavy atom. The molecule has 0 spiro atoms. The molecule has 0 unspecified atom stereocenters. The number of nitrogens with one attached hydrogen (secondary N) is 2. The summed E-state index contributed by atoms with van der Waals surface area (Å²) in [6, 6.07) is 13.0. The SMILES string of the molecule is O=C(Cn1cc(NC(=O)c2ccccn2)cn1)Nc1ccccc1CN1CCCC1. The van der Waals surface area contributed by atoms with Gasteiger partial charge in [0.05, 0.1) is 11.9 Å². The van der Waals surface area contributed by atoms with Gasteiger partial charge in [-0.15, -0.1) is 0 Å². The number of aromatic nitrogens is 3. The number of anilines is 2. The van der Waals surface area contributed by atoms with Gasteiger partial charge in [0.25, 0.3) is 5.91 Å². The van der Waals surface area contributed by atoms with E-state index < -0.39 is 0 Å². The Kier molecular flexibility index (Phi) is 6.14. The number of hydrogen-bond donors (Lipinski definition) is 2. The molecule has 1 aliphatic heterocycles. The van der Waals surface area contributed by atoms with Crippen LogP contribution in [0.15, 0.2) is 61.1 Å². The normalized spacial score (nSPS) is 13.9. The second kappa shape index (κ2) is 9.32. The highest BCUT2D eigenvalue weighted by Crippen LogP contribution is 2.20. The van der Waals surface area contributed by atoms with E-state index >= 15 is 0 Å². The standard InChI is InChI=1S/C22H24N6O2/c29-21(26-19-8-2-1-7-17(19)14-27-11-5-6-12-27)16-28-15-18(13-24-28)25-22(30)20-9-3-4-10-23-20/h1-4,7-10,13,15H,5-6,11-12,14,16H2,(H,25,30)(H,26,29). The van der Waals surface area contributed by atoms with Gasteiger partial charge in [0.1, 0.15) is 12.2 Å². The Labute approximate surface area is 174 Å². The van der Waals surface area contributed by atoms with E-state index in [4.69, 9.17) is 0 Å². The molecule has 0 atom stereocenters. The third-order valence-corrected chi connectivity index (χ3v) is 4.98. The zero-order chi connectivity index (χ0) is 20.8. The first-order chi connectivity index (χ1) is 14.7. The summed E-state index contributed by atoms with van der Waals surface area (Å²) in [6.07, 6.45) is 7.15. The van der Waals surface area contributed by atoms with Gasteiger partial charge in [-0.1, -0.05) is 24.3 Å². The van der Waals surface area contributed by atoms with Crippen LogP contribution < -0.4 is 10.6 Å². The summed E-state index contributed by atoms with van der Waals surface area (Å²) in [5, 5.41) is 9.88. The first kappa shape index (κ1) is 19.8. The van der Waals surface area contributed by atoms with Gasteiger partial charge in [0.2, 0.25) is 5.91 Å². The van der Waals surface area contributed by atoms with Crippen LogP contribution in [0.2, 0.25) is 0 Å². The molecule has 30 heavy (non-hydrogen) atoms. The van der Waals surface area contributed by atoms with Gasteiger partial charge in [-0.3, -0.25) is 24.2 Å². The van der Waals surface area contributed by atoms with Crippen LogP contribution in [-0.4, -0.2) is 44.6 Å². The minimum atomic E-state index is -0.324. The summed E-state index contributed by atoms with van der Waals surface area (Å²) >= 11 is 0. The van der Waals surface area contributed by atoms with Crippen molar-refractivity contribution in [2.75, 3.05) is 23.7 Å². The average molecular weight is 404 g/mol. The minimum absolute atomic E-state index is 0.0531. The van der Waals surface area contributed by atoms with Crippen molar-refractivity contribution in [3.63, 3.8) is 0 Å². The van der Waals surface area contributed by atoms with E-state index in [1.807, 2.05) is 24.3 Å². The second-order valence-electron chi connectivity index (χ2n) is 7.28. The molecular formula is C22H24N6O2. The van der Waals surface area contributed by atoms with E-state index in [1.165, 1.54) is 23.7 Å². The molecule has 0 saturated carbocycles. The minimum Gasteiger partial charge on any atom is -0.324 e. The molecule has 2 amide bonds. The van der Waals surface area contributed by atoms with Crippen LogP contribution in [-0.2, 0) is 17.9 Å². The summed E-state index contributed by atoms with van der Waals surface area (Å²) < 4.78 is 1.49. The van der Waals surface area contributed by atoms with Crippen LogP contribution in [0.4, 0.5) is 11.4 Å². The van der Waals surface area contributed by atoms with Gasteiger partial charge in [0.15, 0.2) is 0 Å². The largest absolute Gasteiger partial charge is 0.324 e. The molecule has 0 bridgehead atoms. The van der Waals surface area contributed by atoms with E-state index in [2.05, 4.69) is 25.6 Å². The number of carbonyl (C=O) groups is 2. The van der Waals surface area contributed by atoms with E-state index in [-0.39, 0.29) is 18.4 Å². The average Bonchev–Trinajstić information content (AvgIpc) is 3.42. The van der Waals surface area contributed by atoms with Gasteiger partial charge in [0, 0.05) is 24.6 Å². The maximum absolute atomic E-state index is 12.5. The number of carbonyl (C=O) groups excluding carboxylic acids is 2. The predicted molar refractivity (Wildman–Crippen MR) is 114 cm³/mol. The molecule has 0 aliphatic carbocycles. The van der Waals surface area contributed by atoms with Crippen LogP contribution in [0.1, 0.15) is 28.9 Å². The summed E-state index contributed by atoms with van der Waals surface area (Å²) in [5.74, 6) is -0.495. The molecule has 1 fully saturated rings. The van der Waals surface area contributed by atoms with Gasteiger partial charge in [-0.05, 0) is 49.7 Å². The second-order valence-corrected chi connectivity index (χ2v) is 7.28. The number of rotatable bonds is 7. The third kappa shape index (κ3) is 5.09. The smallest absolute Gasteiger partial charge is 0.274 e. The quantitative estimate of drug-likeness (QED) is 0.632. The number of para-hydroxylation sites is 1. The number of pyridine rings is 1. The van der Waals surface area contributed by atoms with Crippen molar-refractivity contribution < 1.29 is 9.59 Å². The van der Waals surface area contributed by atoms with Gasteiger partial charge in [-0.2, -0.15) is 5.10 Å². The molecule has 2 aromatic heterocycles. The lowest BCUT2D eigenvalue weighted by Crippen LogP contribution is -2.22. The highest BCUT2D eigenvalue weighted by atomic mass is 16.2. The maximum Gasteiger partial charge on any atom is 0.274 e. The Hall–Kier alpha value is -3.52. The molecule has 154 valence electrons. The van der Waals surface area contributed by atoms with Crippen LogP contribution in [0.3, 0.4) is 0 Å². The Morgan fingerprint density at radius 3 is 2.60 bits per heavy atom. The third-order valence-electron chi connectivity index (χ3n) is 4.98. The summed E-state index contributed by atoms with van der Waals surface area (Å²) in [6.45, 7) is 3.09. The zero-order valence-electron chi connectivity index (χ0n) is 16.6. The van der Waals surface area contributed by atoms with Gasteiger partial charge >= 0.3 is 0 Å². The van der Waals surface area contributed by atoms with Crippen LogP contribution in [0.25, 0.3) is 0 Å². The number of hydrogen-bond acceptors (Lipinski definition) is 5. The Balaban J connectivity index is 1.34. The van der Waals surface area contributed by atoms with E-state index in [0.29, 0.717) is 11.4 Å². The highest BCUT2D eigenvalue weighted by Gasteiger charge is 2.15. The van der Waals surface area contributed by atoms with E-state index in [1.54, 1.807) is 30.6 Å².